The number of nitrogens with zero attached hydrogens (tertiary/aromatic N) is 1. The Hall–Kier alpha value is -1.67. The molecule has 1 unspecified atom stereocenters. The second kappa shape index (κ2) is 5.78. The maximum Gasteiger partial charge on any atom is 0.0597 e. The van der Waals surface area contributed by atoms with E-state index in [1.165, 1.54) is 16.7 Å². The van der Waals surface area contributed by atoms with E-state index in [-0.39, 0.29) is 6.04 Å². The van der Waals surface area contributed by atoms with Gasteiger partial charge in [-0.15, -0.1) is 0 Å². The fourth-order valence-corrected chi connectivity index (χ4v) is 2.30. The molecule has 1 heterocycles. The molecule has 0 saturated heterocycles. The van der Waals surface area contributed by atoms with Gasteiger partial charge in [0.05, 0.1) is 6.04 Å². The summed E-state index contributed by atoms with van der Waals surface area (Å²) in [6.07, 6.45) is 1.85. The van der Waals surface area contributed by atoms with Gasteiger partial charge in [0.2, 0.25) is 0 Å². The first-order valence-corrected chi connectivity index (χ1v) is 6.44. The van der Waals surface area contributed by atoms with Crippen molar-refractivity contribution >= 4 is 0 Å². The summed E-state index contributed by atoms with van der Waals surface area (Å²) >= 11 is 0. The van der Waals surface area contributed by atoms with Gasteiger partial charge in [-0.1, -0.05) is 37.3 Å². The molecule has 0 aliphatic heterocycles. The van der Waals surface area contributed by atoms with Gasteiger partial charge in [-0.3, -0.25) is 4.98 Å². The number of pyridine rings is 1. The van der Waals surface area contributed by atoms with E-state index in [4.69, 9.17) is 0 Å². The maximum atomic E-state index is 4.40. The molecule has 1 aromatic carbocycles. The van der Waals surface area contributed by atoms with Crippen molar-refractivity contribution in [3.05, 3.63) is 65.0 Å². The summed E-state index contributed by atoms with van der Waals surface area (Å²) in [5.74, 6) is 0. The molecule has 0 radical (unpaired) electrons. The van der Waals surface area contributed by atoms with Crippen LogP contribution in [0, 0.1) is 13.8 Å². The number of aryl methyl sites for hydroxylation is 2. The zero-order valence-corrected chi connectivity index (χ0v) is 11.3. The van der Waals surface area contributed by atoms with E-state index in [2.05, 4.69) is 61.4 Å². The predicted octanol–water partition coefficient (Wildman–Crippen LogP) is 3.40. The van der Waals surface area contributed by atoms with Crippen LogP contribution < -0.4 is 5.32 Å². The Morgan fingerprint density at radius 3 is 2.44 bits per heavy atom. The molecule has 94 valence electrons. The standard InChI is InChI=1S/C16H20N2/c1-4-17-16(14-9-6-5-8-12(14)2)15-10-7-11-18-13(15)3/h5-11,16-17H,4H2,1-3H3. The highest BCUT2D eigenvalue weighted by molar-refractivity contribution is 5.38. The van der Waals surface area contributed by atoms with Crippen molar-refractivity contribution in [1.82, 2.24) is 10.3 Å². The Morgan fingerprint density at radius 2 is 1.78 bits per heavy atom. The smallest absolute Gasteiger partial charge is 0.0597 e. The van der Waals surface area contributed by atoms with Gasteiger partial charge in [0, 0.05) is 11.9 Å². The van der Waals surface area contributed by atoms with Crippen molar-refractivity contribution in [1.29, 1.82) is 0 Å². The lowest BCUT2D eigenvalue weighted by atomic mass is 9.94. The van der Waals surface area contributed by atoms with E-state index in [1.807, 2.05) is 12.3 Å². The summed E-state index contributed by atoms with van der Waals surface area (Å²) in [6, 6.07) is 12.9. The Balaban J connectivity index is 2.47. The summed E-state index contributed by atoms with van der Waals surface area (Å²) in [5, 5.41) is 3.56. The Morgan fingerprint density at radius 1 is 1.06 bits per heavy atom. The van der Waals surface area contributed by atoms with Gasteiger partial charge < -0.3 is 5.32 Å². The van der Waals surface area contributed by atoms with Crippen LogP contribution in [0.3, 0.4) is 0 Å². The highest BCUT2D eigenvalue weighted by Crippen LogP contribution is 2.26. The third-order valence-corrected chi connectivity index (χ3v) is 3.27. The van der Waals surface area contributed by atoms with E-state index in [0.717, 1.165) is 12.2 Å². The third kappa shape index (κ3) is 2.59. The summed E-state index contributed by atoms with van der Waals surface area (Å²) in [6.45, 7) is 7.30. The quantitative estimate of drug-likeness (QED) is 0.886. The largest absolute Gasteiger partial charge is 0.306 e. The average molecular weight is 240 g/mol. The first-order valence-electron chi connectivity index (χ1n) is 6.44. The molecule has 2 nitrogen and oxygen atoms in total. The maximum absolute atomic E-state index is 4.40. The van der Waals surface area contributed by atoms with Crippen LogP contribution in [0.25, 0.3) is 0 Å². The number of hydrogen-bond donors (Lipinski definition) is 1. The molecule has 2 rings (SSSR count). The van der Waals surface area contributed by atoms with Gasteiger partial charge in [-0.2, -0.15) is 0 Å². The fraction of sp³-hybridized carbons (Fsp3) is 0.312. The van der Waals surface area contributed by atoms with Crippen molar-refractivity contribution in [2.45, 2.75) is 26.8 Å². The second-order valence-electron chi connectivity index (χ2n) is 4.53. The molecule has 0 spiro atoms. The predicted molar refractivity (Wildman–Crippen MR) is 75.7 cm³/mol. The zero-order valence-electron chi connectivity index (χ0n) is 11.3. The second-order valence-corrected chi connectivity index (χ2v) is 4.53. The summed E-state index contributed by atoms with van der Waals surface area (Å²) in [4.78, 5) is 4.40. The first-order chi connectivity index (χ1) is 8.74. The lowest BCUT2D eigenvalue weighted by Gasteiger charge is -2.22. The summed E-state index contributed by atoms with van der Waals surface area (Å²) < 4.78 is 0. The molecule has 0 aliphatic rings. The van der Waals surface area contributed by atoms with Crippen LogP contribution in [0.1, 0.15) is 35.3 Å². The molecule has 1 aromatic heterocycles. The molecule has 0 saturated carbocycles. The minimum Gasteiger partial charge on any atom is -0.306 e. The fourth-order valence-electron chi connectivity index (χ4n) is 2.30. The molecule has 2 heteroatoms. The minimum atomic E-state index is 0.227. The molecule has 1 atom stereocenters. The highest BCUT2D eigenvalue weighted by Gasteiger charge is 2.16. The van der Waals surface area contributed by atoms with Crippen molar-refractivity contribution in [3.8, 4) is 0 Å². The Bertz CT molecular complexity index is 475. The number of benzene rings is 1. The van der Waals surface area contributed by atoms with Gasteiger partial charge in [0.15, 0.2) is 0 Å². The summed E-state index contributed by atoms with van der Waals surface area (Å²) in [5.41, 5.74) is 4.99. The van der Waals surface area contributed by atoms with Crippen molar-refractivity contribution in [2.24, 2.45) is 0 Å². The molecule has 0 bridgehead atoms. The van der Waals surface area contributed by atoms with Crippen molar-refractivity contribution in [3.63, 3.8) is 0 Å². The Kier molecular flexibility index (Phi) is 4.11. The van der Waals surface area contributed by atoms with Gasteiger partial charge in [0.1, 0.15) is 0 Å². The molecular weight excluding hydrogens is 220 g/mol. The Labute approximate surface area is 109 Å². The van der Waals surface area contributed by atoms with Gasteiger partial charge >= 0.3 is 0 Å². The molecule has 2 aromatic rings. The molecule has 1 N–H and O–H groups in total. The van der Waals surface area contributed by atoms with E-state index in [0.29, 0.717) is 0 Å². The minimum absolute atomic E-state index is 0.227. The number of rotatable bonds is 4. The van der Waals surface area contributed by atoms with Gasteiger partial charge in [-0.05, 0) is 43.1 Å². The number of nitrogens with one attached hydrogen (secondary N) is 1. The van der Waals surface area contributed by atoms with E-state index < -0.39 is 0 Å². The first kappa shape index (κ1) is 12.8. The summed E-state index contributed by atoms with van der Waals surface area (Å²) in [7, 11) is 0. The molecule has 0 aliphatic carbocycles. The molecular formula is C16H20N2. The van der Waals surface area contributed by atoms with Crippen LogP contribution >= 0.6 is 0 Å². The normalized spacial score (nSPS) is 12.4. The van der Waals surface area contributed by atoms with Gasteiger partial charge in [0.25, 0.3) is 0 Å². The molecule has 0 fully saturated rings. The molecule has 18 heavy (non-hydrogen) atoms. The van der Waals surface area contributed by atoms with Crippen molar-refractivity contribution < 1.29 is 0 Å². The van der Waals surface area contributed by atoms with Crippen LogP contribution in [0.15, 0.2) is 42.6 Å². The topological polar surface area (TPSA) is 24.9 Å². The van der Waals surface area contributed by atoms with E-state index in [1.54, 1.807) is 0 Å². The molecule has 0 amide bonds. The average Bonchev–Trinajstić information content (AvgIpc) is 2.38. The number of aromatic nitrogens is 1. The monoisotopic (exact) mass is 240 g/mol. The van der Waals surface area contributed by atoms with E-state index in [9.17, 15) is 0 Å². The van der Waals surface area contributed by atoms with Gasteiger partial charge in [-0.25, -0.2) is 0 Å². The van der Waals surface area contributed by atoms with Crippen LogP contribution in [0.5, 0.6) is 0 Å². The van der Waals surface area contributed by atoms with Crippen LogP contribution in [-0.4, -0.2) is 11.5 Å². The highest BCUT2D eigenvalue weighted by atomic mass is 14.9. The number of hydrogen-bond acceptors (Lipinski definition) is 2. The van der Waals surface area contributed by atoms with Crippen LogP contribution in [0.4, 0.5) is 0 Å². The third-order valence-electron chi connectivity index (χ3n) is 3.27. The zero-order chi connectivity index (χ0) is 13.0. The SMILES string of the molecule is CCNC(c1ccccc1C)c1cccnc1C. The lowest BCUT2D eigenvalue weighted by molar-refractivity contribution is 0.622. The van der Waals surface area contributed by atoms with E-state index >= 15 is 0 Å². The van der Waals surface area contributed by atoms with Crippen LogP contribution in [-0.2, 0) is 0 Å². The van der Waals surface area contributed by atoms with Crippen molar-refractivity contribution in [2.75, 3.05) is 6.54 Å². The lowest BCUT2D eigenvalue weighted by Crippen LogP contribution is -2.23. The van der Waals surface area contributed by atoms with Crippen LogP contribution in [0.2, 0.25) is 0 Å².